The number of alkyl carbamates (subject to hydrolysis) is 1. The van der Waals surface area contributed by atoms with Gasteiger partial charge >= 0.3 is 6.09 Å². The molecule has 2 unspecified atom stereocenters. The number of hydrogen-bond donors (Lipinski definition) is 2. The molecule has 7 nitrogen and oxygen atoms in total. The topological polar surface area (TPSA) is 95.1 Å². The van der Waals surface area contributed by atoms with Crippen molar-refractivity contribution >= 4 is 50.5 Å². The molecule has 1 fully saturated rings. The third-order valence-corrected chi connectivity index (χ3v) is 6.45. The van der Waals surface area contributed by atoms with Crippen molar-refractivity contribution in [3.8, 4) is 0 Å². The molecule has 2 atom stereocenters. The molecule has 3 aromatic rings. The van der Waals surface area contributed by atoms with Crippen molar-refractivity contribution in [1.29, 1.82) is 0 Å². The highest BCUT2D eigenvalue weighted by atomic mass is 79.9. The Labute approximate surface area is 200 Å². The van der Waals surface area contributed by atoms with Gasteiger partial charge in [0.15, 0.2) is 0 Å². The van der Waals surface area contributed by atoms with Crippen LogP contribution in [0.25, 0.3) is 11.0 Å². The molecule has 1 aromatic carbocycles. The highest BCUT2D eigenvalue weighted by Crippen LogP contribution is 2.43. The molecule has 1 amide bonds. The van der Waals surface area contributed by atoms with Crippen LogP contribution in [-0.4, -0.2) is 26.2 Å². The first kappa shape index (κ1) is 22.9. The fourth-order valence-corrected chi connectivity index (χ4v) is 5.11. The van der Waals surface area contributed by atoms with Gasteiger partial charge in [-0.1, -0.05) is 24.3 Å². The SMILES string of the molecule is CC(C)(C)OC(=O)NCc1cccc(C2CCC(n3cc(Br)c4c(N)nc(Cl)nc43)C2)c1. The normalized spacial score (nSPS) is 18.8. The molecule has 1 aliphatic carbocycles. The average molecular weight is 521 g/mol. The van der Waals surface area contributed by atoms with E-state index in [-0.39, 0.29) is 5.28 Å². The third kappa shape index (κ3) is 5.02. The van der Waals surface area contributed by atoms with E-state index in [0.29, 0.717) is 24.3 Å². The summed E-state index contributed by atoms with van der Waals surface area (Å²) in [7, 11) is 0. The molecule has 9 heteroatoms. The Hall–Kier alpha value is -2.32. The largest absolute Gasteiger partial charge is 0.444 e. The number of fused-ring (bicyclic) bond motifs is 1. The number of nitrogen functional groups attached to an aromatic ring is 1. The Morgan fingerprint density at radius 2 is 2.12 bits per heavy atom. The first-order chi connectivity index (χ1) is 15.1. The first-order valence-corrected chi connectivity index (χ1v) is 11.8. The summed E-state index contributed by atoms with van der Waals surface area (Å²) in [4.78, 5) is 20.5. The van der Waals surface area contributed by atoms with Crippen molar-refractivity contribution in [1.82, 2.24) is 19.9 Å². The standard InChI is InChI=1S/C23H27BrClN5O2/c1-23(2,3)32-22(31)27-11-13-5-4-6-14(9-13)15-7-8-16(10-15)30-12-17(24)18-19(26)28-21(25)29-20(18)30/h4-6,9,12,15-16H,7-8,10-11H2,1-3H3,(H,27,31)(H2,26,28,29). The minimum absolute atomic E-state index is 0.154. The highest BCUT2D eigenvalue weighted by Gasteiger charge is 2.29. The van der Waals surface area contributed by atoms with E-state index in [9.17, 15) is 4.79 Å². The van der Waals surface area contributed by atoms with Gasteiger partial charge in [0.05, 0.1) is 5.39 Å². The highest BCUT2D eigenvalue weighted by molar-refractivity contribution is 9.10. The summed E-state index contributed by atoms with van der Waals surface area (Å²) in [6.07, 6.45) is 4.71. The fraction of sp³-hybridized carbons (Fsp3) is 0.435. The quantitative estimate of drug-likeness (QED) is 0.414. The van der Waals surface area contributed by atoms with Gasteiger partial charge in [0.25, 0.3) is 0 Å². The Morgan fingerprint density at radius 1 is 1.34 bits per heavy atom. The number of nitrogens with two attached hydrogens (primary N) is 1. The van der Waals surface area contributed by atoms with Crippen molar-refractivity contribution in [3.63, 3.8) is 0 Å². The molecule has 1 saturated carbocycles. The second-order valence-electron chi connectivity index (χ2n) is 9.23. The summed E-state index contributed by atoms with van der Waals surface area (Å²) in [5, 5.41) is 3.79. The molecule has 4 rings (SSSR count). The summed E-state index contributed by atoms with van der Waals surface area (Å²) in [5.74, 6) is 0.803. The number of hydrogen-bond acceptors (Lipinski definition) is 5. The average Bonchev–Trinajstić information content (AvgIpc) is 3.30. The number of ether oxygens (including phenoxy) is 1. The maximum absolute atomic E-state index is 12.0. The molecule has 0 aliphatic heterocycles. The Kier molecular flexibility index (Phi) is 6.36. The predicted molar refractivity (Wildman–Crippen MR) is 130 cm³/mol. The zero-order chi connectivity index (χ0) is 23.0. The van der Waals surface area contributed by atoms with Crippen LogP contribution in [0, 0.1) is 0 Å². The predicted octanol–water partition coefficient (Wildman–Crippen LogP) is 5.96. The van der Waals surface area contributed by atoms with Gasteiger partial charge in [0, 0.05) is 23.3 Å². The lowest BCUT2D eigenvalue weighted by Gasteiger charge is -2.20. The van der Waals surface area contributed by atoms with Crippen LogP contribution in [0.4, 0.5) is 10.6 Å². The number of carbonyl (C=O) groups excluding carboxylic acids is 1. The number of nitrogens with zero attached hydrogens (tertiary/aromatic N) is 3. The van der Waals surface area contributed by atoms with E-state index in [0.717, 1.165) is 40.3 Å². The number of amides is 1. The van der Waals surface area contributed by atoms with Crippen LogP contribution in [0.15, 0.2) is 34.9 Å². The van der Waals surface area contributed by atoms with E-state index in [1.165, 1.54) is 5.56 Å². The van der Waals surface area contributed by atoms with Crippen LogP contribution in [0.5, 0.6) is 0 Å². The molecule has 32 heavy (non-hydrogen) atoms. The molecule has 2 aromatic heterocycles. The third-order valence-electron chi connectivity index (χ3n) is 5.68. The van der Waals surface area contributed by atoms with Gasteiger partial charge in [-0.25, -0.2) is 9.78 Å². The molecule has 0 radical (unpaired) electrons. The second-order valence-corrected chi connectivity index (χ2v) is 10.4. The Morgan fingerprint density at radius 3 is 2.88 bits per heavy atom. The molecular weight excluding hydrogens is 494 g/mol. The van der Waals surface area contributed by atoms with E-state index in [1.54, 1.807) is 0 Å². The smallest absolute Gasteiger partial charge is 0.407 e. The summed E-state index contributed by atoms with van der Waals surface area (Å²) >= 11 is 9.66. The van der Waals surface area contributed by atoms with Gasteiger partial charge in [-0.3, -0.25) is 0 Å². The Balaban J connectivity index is 1.47. The minimum Gasteiger partial charge on any atom is -0.444 e. The van der Waals surface area contributed by atoms with E-state index in [1.807, 2.05) is 39.1 Å². The van der Waals surface area contributed by atoms with E-state index in [4.69, 9.17) is 22.1 Å². The molecule has 0 spiro atoms. The van der Waals surface area contributed by atoms with Crippen molar-refractivity contribution in [2.45, 2.75) is 64.1 Å². The number of carbonyl (C=O) groups is 1. The van der Waals surface area contributed by atoms with Crippen molar-refractivity contribution in [2.24, 2.45) is 0 Å². The Bertz CT molecular complexity index is 1160. The zero-order valence-electron chi connectivity index (χ0n) is 18.4. The molecule has 2 heterocycles. The molecule has 0 saturated heterocycles. The van der Waals surface area contributed by atoms with Gasteiger partial charge in [-0.15, -0.1) is 0 Å². The molecule has 0 bridgehead atoms. The lowest BCUT2D eigenvalue weighted by atomic mass is 9.95. The van der Waals surface area contributed by atoms with Gasteiger partial charge in [0.1, 0.15) is 17.1 Å². The van der Waals surface area contributed by atoms with Gasteiger partial charge < -0.3 is 20.4 Å². The zero-order valence-corrected chi connectivity index (χ0v) is 20.7. The van der Waals surface area contributed by atoms with Gasteiger partial charge in [0.2, 0.25) is 5.28 Å². The van der Waals surface area contributed by atoms with Gasteiger partial charge in [-0.2, -0.15) is 4.98 Å². The molecule has 1 aliphatic rings. The van der Waals surface area contributed by atoms with Crippen molar-refractivity contribution < 1.29 is 9.53 Å². The fourth-order valence-electron chi connectivity index (χ4n) is 4.34. The van der Waals surface area contributed by atoms with E-state index < -0.39 is 11.7 Å². The van der Waals surface area contributed by atoms with Crippen LogP contribution in [0.2, 0.25) is 5.28 Å². The molecule has 3 N–H and O–H groups in total. The van der Waals surface area contributed by atoms with Crippen LogP contribution >= 0.6 is 27.5 Å². The summed E-state index contributed by atoms with van der Waals surface area (Å²) in [6, 6.07) is 8.69. The molecule has 170 valence electrons. The van der Waals surface area contributed by atoms with Crippen molar-refractivity contribution in [2.75, 3.05) is 5.73 Å². The van der Waals surface area contributed by atoms with Crippen molar-refractivity contribution in [3.05, 3.63) is 51.3 Å². The summed E-state index contributed by atoms with van der Waals surface area (Å²) in [6.45, 7) is 5.99. The summed E-state index contributed by atoms with van der Waals surface area (Å²) in [5.41, 5.74) is 8.65. The van der Waals surface area contributed by atoms with Crippen LogP contribution < -0.4 is 11.1 Å². The monoisotopic (exact) mass is 519 g/mol. The number of anilines is 1. The maximum atomic E-state index is 12.0. The lowest BCUT2D eigenvalue weighted by Crippen LogP contribution is -2.32. The minimum atomic E-state index is -0.512. The maximum Gasteiger partial charge on any atom is 0.407 e. The second kappa shape index (κ2) is 8.90. The van der Waals surface area contributed by atoms with Crippen LogP contribution in [0.1, 0.15) is 63.1 Å². The number of benzene rings is 1. The van der Waals surface area contributed by atoms with Crippen LogP contribution in [0.3, 0.4) is 0 Å². The number of aromatic nitrogens is 3. The first-order valence-electron chi connectivity index (χ1n) is 10.7. The number of nitrogens with one attached hydrogen (secondary N) is 1. The molecular formula is C23H27BrClN5O2. The van der Waals surface area contributed by atoms with E-state index in [2.05, 4.69) is 47.9 Å². The number of halogens is 2. The van der Waals surface area contributed by atoms with Gasteiger partial charge in [-0.05, 0) is 84.6 Å². The van der Waals surface area contributed by atoms with Crippen LogP contribution in [-0.2, 0) is 11.3 Å². The number of rotatable bonds is 4. The van der Waals surface area contributed by atoms with E-state index >= 15 is 0 Å². The summed E-state index contributed by atoms with van der Waals surface area (Å²) < 4.78 is 8.36. The lowest BCUT2D eigenvalue weighted by molar-refractivity contribution is 0.0523.